The minimum absolute atomic E-state index is 0.0223. The molecule has 0 saturated carbocycles. The SMILES string of the molecule is O=C(COC(=O)c1ccccc1O)NCC(=O)Nc1ccc(F)c(F)c1. The zero-order valence-electron chi connectivity index (χ0n) is 13.3. The molecule has 0 heterocycles. The molecule has 2 amide bonds. The van der Waals surface area contributed by atoms with Crippen LogP contribution < -0.4 is 10.6 Å². The zero-order valence-corrected chi connectivity index (χ0v) is 13.3. The Bertz CT molecular complexity index is 842. The Kier molecular flexibility index (Phi) is 6.20. The van der Waals surface area contributed by atoms with E-state index in [4.69, 9.17) is 4.74 Å². The van der Waals surface area contributed by atoms with Crippen LogP contribution in [0.15, 0.2) is 42.5 Å². The molecule has 0 aliphatic heterocycles. The first-order chi connectivity index (χ1) is 12.4. The van der Waals surface area contributed by atoms with Crippen molar-refractivity contribution in [3.63, 3.8) is 0 Å². The van der Waals surface area contributed by atoms with Crippen LogP contribution >= 0.6 is 0 Å². The molecular formula is C17H14F2N2O5. The zero-order chi connectivity index (χ0) is 19.1. The molecule has 0 aliphatic carbocycles. The van der Waals surface area contributed by atoms with Crippen LogP contribution in [0.3, 0.4) is 0 Å². The molecule has 0 atom stereocenters. The number of rotatable bonds is 6. The van der Waals surface area contributed by atoms with Crippen LogP contribution in [0.4, 0.5) is 14.5 Å². The summed E-state index contributed by atoms with van der Waals surface area (Å²) in [5, 5.41) is 13.9. The second-order valence-electron chi connectivity index (χ2n) is 5.05. The Balaban J connectivity index is 1.76. The third-order valence-corrected chi connectivity index (χ3v) is 3.11. The molecule has 0 aliphatic rings. The highest BCUT2D eigenvalue weighted by Crippen LogP contribution is 2.16. The molecule has 0 spiro atoms. The van der Waals surface area contributed by atoms with Crippen LogP contribution in [0.2, 0.25) is 0 Å². The maximum Gasteiger partial charge on any atom is 0.342 e. The number of halogens is 2. The standard InChI is InChI=1S/C17H14F2N2O5/c18-12-6-5-10(7-13(12)19)21-15(23)8-20-16(24)9-26-17(25)11-3-1-2-4-14(11)22/h1-7,22H,8-9H2,(H,20,24)(H,21,23). The van der Waals surface area contributed by atoms with Gasteiger partial charge in [-0.1, -0.05) is 12.1 Å². The number of carbonyl (C=O) groups is 3. The third kappa shape index (κ3) is 5.26. The van der Waals surface area contributed by atoms with Gasteiger partial charge in [-0.3, -0.25) is 9.59 Å². The van der Waals surface area contributed by atoms with Crippen LogP contribution in [0.5, 0.6) is 5.75 Å². The van der Waals surface area contributed by atoms with E-state index >= 15 is 0 Å². The predicted molar refractivity (Wildman–Crippen MR) is 86.4 cm³/mol. The molecule has 0 unspecified atom stereocenters. The minimum atomic E-state index is -1.12. The number of hydrogen-bond donors (Lipinski definition) is 3. The first-order valence-electron chi connectivity index (χ1n) is 7.33. The van der Waals surface area contributed by atoms with Crippen molar-refractivity contribution in [3.8, 4) is 5.75 Å². The Morgan fingerprint density at radius 1 is 1.00 bits per heavy atom. The fourth-order valence-electron chi connectivity index (χ4n) is 1.86. The van der Waals surface area contributed by atoms with E-state index in [1.165, 1.54) is 24.3 Å². The summed E-state index contributed by atoms with van der Waals surface area (Å²) >= 11 is 0. The van der Waals surface area contributed by atoms with Gasteiger partial charge in [0.05, 0.1) is 6.54 Å². The van der Waals surface area contributed by atoms with Crippen LogP contribution in [-0.4, -0.2) is 36.0 Å². The number of phenolic OH excluding ortho intramolecular Hbond substituents is 1. The molecule has 2 aromatic rings. The second kappa shape index (κ2) is 8.56. The smallest absolute Gasteiger partial charge is 0.342 e. The number of carbonyl (C=O) groups excluding carboxylic acids is 3. The minimum Gasteiger partial charge on any atom is -0.507 e. The van der Waals surface area contributed by atoms with Crippen LogP contribution in [0.25, 0.3) is 0 Å². The lowest BCUT2D eigenvalue weighted by Crippen LogP contribution is -2.35. The number of amides is 2. The lowest BCUT2D eigenvalue weighted by Gasteiger charge is -2.08. The number of aromatic hydroxyl groups is 1. The van der Waals surface area contributed by atoms with Gasteiger partial charge in [-0.2, -0.15) is 0 Å². The number of ether oxygens (including phenoxy) is 1. The van der Waals surface area contributed by atoms with E-state index in [0.717, 1.165) is 18.2 Å². The van der Waals surface area contributed by atoms with E-state index < -0.39 is 42.6 Å². The molecule has 0 radical (unpaired) electrons. The van der Waals surface area contributed by atoms with E-state index in [1.54, 1.807) is 0 Å². The van der Waals surface area contributed by atoms with Crippen molar-refractivity contribution in [2.24, 2.45) is 0 Å². The maximum absolute atomic E-state index is 13.0. The highest BCUT2D eigenvalue weighted by molar-refractivity contribution is 5.96. The van der Waals surface area contributed by atoms with Crippen molar-refractivity contribution in [1.29, 1.82) is 0 Å². The summed E-state index contributed by atoms with van der Waals surface area (Å²) in [4.78, 5) is 34.9. The Morgan fingerprint density at radius 2 is 1.73 bits per heavy atom. The number of anilines is 1. The van der Waals surface area contributed by atoms with Crippen molar-refractivity contribution >= 4 is 23.5 Å². The third-order valence-electron chi connectivity index (χ3n) is 3.11. The van der Waals surface area contributed by atoms with Gasteiger partial charge in [0.1, 0.15) is 11.3 Å². The molecule has 2 rings (SSSR count). The number of nitrogens with one attached hydrogen (secondary N) is 2. The van der Waals surface area contributed by atoms with Crippen molar-refractivity contribution in [1.82, 2.24) is 5.32 Å². The van der Waals surface area contributed by atoms with Gasteiger partial charge < -0.3 is 20.5 Å². The monoisotopic (exact) mass is 364 g/mol. The lowest BCUT2D eigenvalue weighted by molar-refractivity contribution is -0.126. The molecule has 2 aromatic carbocycles. The molecular weight excluding hydrogens is 350 g/mol. The van der Waals surface area contributed by atoms with E-state index in [-0.39, 0.29) is 17.0 Å². The van der Waals surface area contributed by atoms with E-state index in [1.807, 2.05) is 0 Å². The Labute approximate surface area is 146 Å². The van der Waals surface area contributed by atoms with E-state index in [0.29, 0.717) is 0 Å². The number of para-hydroxylation sites is 1. The van der Waals surface area contributed by atoms with Gasteiger partial charge in [-0.15, -0.1) is 0 Å². The first-order valence-corrected chi connectivity index (χ1v) is 7.33. The summed E-state index contributed by atoms with van der Waals surface area (Å²) in [7, 11) is 0. The summed E-state index contributed by atoms with van der Waals surface area (Å²) in [6, 6.07) is 8.45. The Morgan fingerprint density at radius 3 is 2.42 bits per heavy atom. The van der Waals surface area contributed by atoms with Crippen molar-refractivity contribution in [2.45, 2.75) is 0 Å². The average Bonchev–Trinajstić information content (AvgIpc) is 2.61. The molecule has 0 saturated heterocycles. The molecule has 136 valence electrons. The molecule has 0 fully saturated rings. The second-order valence-corrected chi connectivity index (χ2v) is 5.05. The summed E-state index contributed by atoms with van der Waals surface area (Å²) in [6.45, 7) is -1.13. The summed E-state index contributed by atoms with van der Waals surface area (Å²) in [5.74, 6) is -4.80. The molecule has 0 bridgehead atoms. The fourth-order valence-corrected chi connectivity index (χ4v) is 1.86. The summed E-state index contributed by atoms with van der Waals surface area (Å²) in [5.41, 5.74) is -0.0782. The summed E-state index contributed by atoms with van der Waals surface area (Å²) in [6.07, 6.45) is 0. The van der Waals surface area contributed by atoms with Crippen molar-refractivity contribution in [2.75, 3.05) is 18.5 Å². The van der Waals surface area contributed by atoms with Gasteiger partial charge in [0, 0.05) is 11.8 Å². The van der Waals surface area contributed by atoms with Gasteiger partial charge in [0.15, 0.2) is 18.2 Å². The van der Waals surface area contributed by atoms with Crippen LogP contribution in [0.1, 0.15) is 10.4 Å². The lowest BCUT2D eigenvalue weighted by atomic mass is 10.2. The van der Waals surface area contributed by atoms with Gasteiger partial charge in [0.2, 0.25) is 5.91 Å². The van der Waals surface area contributed by atoms with Crippen molar-refractivity contribution in [3.05, 3.63) is 59.7 Å². The number of phenols is 1. The highest BCUT2D eigenvalue weighted by Gasteiger charge is 2.14. The van der Waals surface area contributed by atoms with Gasteiger partial charge in [0.25, 0.3) is 5.91 Å². The normalized spacial score (nSPS) is 10.1. The highest BCUT2D eigenvalue weighted by atomic mass is 19.2. The maximum atomic E-state index is 13.0. The Hall–Kier alpha value is -3.49. The van der Waals surface area contributed by atoms with Crippen LogP contribution in [-0.2, 0) is 14.3 Å². The molecule has 7 nitrogen and oxygen atoms in total. The summed E-state index contributed by atoms with van der Waals surface area (Å²) < 4.78 is 30.5. The van der Waals surface area contributed by atoms with Gasteiger partial charge >= 0.3 is 5.97 Å². The van der Waals surface area contributed by atoms with Crippen molar-refractivity contribution < 1.29 is 33.0 Å². The van der Waals surface area contributed by atoms with E-state index in [2.05, 4.69) is 10.6 Å². The molecule has 9 heteroatoms. The molecule has 0 aromatic heterocycles. The van der Waals surface area contributed by atoms with Gasteiger partial charge in [-0.05, 0) is 24.3 Å². The van der Waals surface area contributed by atoms with Crippen LogP contribution in [0, 0.1) is 11.6 Å². The molecule has 3 N–H and O–H groups in total. The van der Waals surface area contributed by atoms with E-state index in [9.17, 15) is 28.3 Å². The van der Waals surface area contributed by atoms with Gasteiger partial charge in [-0.25, -0.2) is 13.6 Å². The average molecular weight is 364 g/mol. The first kappa shape index (κ1) is 18.8. The quantitative estimate of drug-likeness (QED) is 0.675. The fraction of sp³-hybridized carbons (Fsp3) is 0.118. The topological polar surface area (TPSA) is 105 Å². The molecule has 26 heavy (non-hydrogen) atoms. The predicted octanol–water partition coefficient (Wildman–Crippen LogP) is 1.58. The number of esters is 1. The largest absolute Gasteiger partial charge is 0.507 e. The number of benzene rings is 2. The number of hydrogen-bond acceptors (Lipinski definition) is 5.